The highest BCUT2D eigenvalue weighted by molar-refractivity contribution is 5.93. The van der Waals surface area contributed by atoms with E-state index in [0.29, 0.717) is 12.2 Å². The summed E-state index contributed by atoms with van der Waals surface area (Å²) in [6, 6.07) is 19.9. The van der Waals surface area contributed by atoms with Crippen molar-refractivity contribution < 1.29 is 9.90 Å². The normalized spacial score (nSPS) is 10.3. The second kappa shape index (κ2) is 6.75. The third-order valence-corrected chi connectivity index (χ3v) is 3.60. The largest absolute Gasteiger partial charge is 0.478 e. The third kappa shape index (κ3) is 3.55. The Balaban J connectivity index is 1.71. The summed E-state index contributed by atoms with van der Waals surface area (Å²) < 4.78 is 0. The Morgan fingerprint density at radius 2 is 1.65 bits per heavy atom. The van der Waals surface area contributed by atoms with Gasteiger partial charge in [0.05, 0.1) is 17.4 Å². The first-order valence-electron chi connectivity index (χ1n) is 7.29. The molecular weight excluding hydrogens is 288 g/mol. The van der Waals surface area contributed by atoms with Crippen LogP contribution in [0.15, 0.2) is 73.1 Å². The monoisotopic (exact) mass is 304 g/mol. The van der Waals surface area contributed by atoms with E-state index in [0.717, 1.165) is 11.1 Å². The lowest BCUT2D eigenvalue weighted by atomic mass is 10.0. The summed E-state index contributed by atoms with van der Waals surface area (Å²) in [6.45, 7) is 0.543. The highest BCUT2D eigenvalue weighted by Crippen LogP contribution is 2.20. The number of benzene rings is 2. The molecule has 0 saturated heterocycles. The van der Waals surface area contributed by atoms with Gasteiger partial charge in [-0.05, 0) is 22.8 Å². The first kappa shape index (κ1) is 14.8. The van der Waals surface area contributed by atoms with Crippen LogP contribution >= 0.6 is 0 Å². The van der Waals surface area contributed by atoms with Gasteiger partial charge in [0, 0.05) is 12.7 Å². The average molecular weight is 304 g/mol. The van der Waals surface area contributed by atoms with Crippen LogP contribution in [0, 0.1) is 0 Å². The molecular formula is C19H16N2O2. The van der Waals surface area contributed by atoms with Crippen molar-refractivity contribution in [2.75, 3.05) is 5.32 Å². The summed E-state index contributed by atoms with van der Waals surface area (Å²) in [4.78, 5) is 15.1. The molecule has 4 nitrogen and oxygen atoms in total. The highest BCUT2D eigenvalue weighted by Gasteiger charge is 2.09. The van der Waals surface area contributed by atoms with E-state index >= 15 is 0 Å². The van der Waals surface area contributed by atoms with Crippen LogP contribution in [-0.2, 0) is 6.54 Å². The summed E-state index contributed by atoms with van der Waals surface area (Å²) in [7, 11) is 0. The number of carboxylic acid groups (broad SMARTS) is 1. The van der Waals surface area contributed by atoms with E-state index in [2.05, 4.69) is 34.6 Å². The zero-order valence-corrected chi connectivity index (χ0v) is 12.4. The Morgan fingerprint density at radius 3 is 2.35 bits per heavy atom. The number of carboxylic acids is 1. The van der Waals surface area contributed by atoms with Crippen LogP contribution in [0.2, 0.25) is 0 Å². The van der Waals surface area contributed by atoms with E-state index in [4.69, 9.17) is 5.11 Å². The van der Waals surface area contributed by atoms with Crippen molar-refractivity contribution in [3.05, 3.63) is 84.2 Å². The fourth-order valence-corrected chi connectivity index (χ4v) is 2.36. The second-order valence-corrected chi connectivity index (χ2v) is 5.14. The molecule has 2 aromatic carbocycles. The maximum atomic E-state index is 11.2. The number of carbonyl (C=O) groups is 1. The van der Waals surface area contributed by atoms with E-state index in [9.17, 15) is 4.79 Å². The summed E-state index contributed by atoms with van der Waals surface area (Å²) in [5.74, 6) is -0.964. The van der Waals surface area contributed by atoms with Gasteiger partial charge in [-0.25, -0.2) is 4.79 Å². The summed E-state index contributed by atoms with van der Waals surface area (Å²) in [5.41, 5.74) is 4.15. The molecule has 0 aliphatic heterocycles. The fourth-order valence-electron chi connectivity index (χ4n) is 2.36. The topological polar surface area (TPSA) is 62.2 Å². The number of aromatic carboxylic acids is 1. The maximum Gasteiger partial charge on any atom is 0.337 e. The molecule has 0 bridgehead atoms. The fraction of sp³-hybridized carbons (Fsp3) is 0.0526. The molecule has 0 aliphatic carbocycles. The highest BCUT2D eigenvalue weighted by atomic mass is 16.4. The smallest absolute Gasteiger partial charge is 0.337 e. The number of rotatable bonds is 5. The number of aromatic nitrogens is 1. The minimum Gasteiger partial charge on any atom is -0.478 e. The maximum absolute atomic E-state index is 11.2. The van der Waals surface area contributed by atoms with Crippen molar-refractivity contribution in [2.45, 2.75) is 6.54 Å². The molecule has 0 radical (unpaired) electrons. The number of anilines is 1. The van der Waals surface area contributed by atoms with Gasteiger partial charge >= 0.3 is 5.97 Å². The zero-order chi connectivity index (χ0) is 16.1. The number of nitrogens with one attached hydrogen (secondary N) is 1. The van der Waals surface area contributed by atoms with Crippen LogP contribution in [0.4, 0.5) is 5.69 Å². The SMILES string of the molecule is O=C(O)c1ccncc1NCc1ccc(-c2ccccc2)cc1. The molecule has 0 atom stereocenters. The van der Waals surface area contributed by atoms with Crippen molar-refractivity contribution in [3.8, 4) is 11.1 Å². The number of pyridine rings is 1. The van der Waals surface area contributed by atoms with Gasteiger partial charge in [0.15, 0.2) is 0 Å². The minimum absolute atomic E-state index is 0.223. The van der Waals surface area contributed by atoms with Crippen LogP contribution in [-0.4, -0.2) is 16.1 Å². The molecule has 0 spiro atoms. The van der Waals surface area contributed by atoms with E-state index in [1.54, 1.807) is 0 Å². The molecule has 1 aromatic heterocycles. The molecule has 0 unspecified atom stereocenters. The van der Waals surface area contributed by atoms with Gasteiger partial charge in [-0.2, -0.15) is 0 Å². The molecule has 0 amide bonds. The molecule has 3 rings (SSSR count). The van der Waals surface area contributed by atoms with Gasteiger partial charge in [0.2, 0.25) is 0 Å². The van der Waals surface area contributed by atoms with Crippen LogP contribution in [0.1, 0.15) is 15.9 Å². The predicted octanol–water partition coefficient (Wildman–Crippen LogP) is 4.06. The van der Waals surface area contributed by atoms with E-state index in [1.807, 2.05) is 30.3 Å². The average Bonchev–Trinajstić information content (AvgIpc) is 2.61. The van der Waals surface area contributed by atoms with E-state index < -0.39 is 5.97 Å². The molecule has 2 N–H and O–H groups in total. The number of hydrogen-bond acceptors (Lipinski definition) is 3. The van der Waals surface area contributed by atoms with Crippen LogP contribution < -0.4 is 5.32 Å². The quantitative estimate of drug-likeness (QED) is 0.746. The Morgan fingerprint density at radius 1 is 0.957 bits per heavy atom. The Labute approximate surface area is 134 Å². The predicted molar refractivity (Wildman–Crippen MR) is 90.4 cm³/mol. The van der Waals surface area contributed by atoms with Crippen LogP contribution in [0.3, 0.4) is 0 Å². The molecule has 0 fully saturated rings. The summed E-state index contributed by atoms with van der Waals surface area (Å²) in [5, 5.41) is 12.3. The Kier molecular flexibility index (Phi) is 4.34. The van der Waals surface area contributed by atoms with Crippen LogP contribution in [0.25, 0.3) is 11.1 Å². The van der Waals surface area contributed by atoms with Crippen molar-refractivity contribution in [1.29, 1.82) is 0 Å². The van der Waals surface area contributed by atoms with Gasteiger partial charge < -0.3 is 10.4 Å². The van der Waals surface area contributed by atoms with Gasteiger partial charge in [0.1, 0.15) is 0 Å². The standard InChI is InChI=1S/C19H16N2O2/c22-19(23)17-10-11-20-13-18(17)21-12-14-6-8-16(9-7-14)15-4-2-1-3-5-15/h1-11,13,21H,12H2,(H,22,23). The molecule has 3 aromatic rings. The van der Waals surface area contributed by atoms with Crippen molar-refractivity contribution in [3.63, 3.8) is 0 Å². The molecule has 0 saturated carbocycles. The minimum atomic E-state index is -0.964. The van der Waals surface area contributed by atoms with Crippen molar-refractivity contribution in [2.24, 2.45) is 0 Å². The second-order valence-electron chi connectivity index (χ2n) is 5.14. The lowest BCUT2D eigenvalue weighted by Gasteiger charge is -2.09. The lowest BCUT2D eigenvalue weighted by molar-refractivity contribution is 0.0698. The molecule has 4 heteroatoms. The van der Waals surface area contributed by atoms with E-state index in [1.165, 1.54) is 24.0 Å². The Hall–Kier alpha value is -3.14. The van der Waals surface area contributed by atoms with Gasteiger partial charge in [0.25, 0.3) is 0 Å². The number of nitrogens with zero attached hydrogens (tertiary/aromatic N) is 1. The molecule has 114 valence electrons. The van der Waals surface area contributed by atoms with Gasteiger partial charge in [-0.15, -0.1) is 0 Å². The van der Waals surface area contributed by atoms with Crippen LogP contribution in [0.5, 0.6) is 0 Å². The summed E-state index contributed by atoms with van der Waals surface area (Å²) >= 11 is 0. The van der Waals surface area contributed by atoms with Crippen molar-refractivity contribution in [1.82, 2.24) is 4.98 Å². The lowest BCUT2D eigenvalue weighted by Crippen LogP contribution is -2.06. The van der Waals surface area contributed by atoms with Gasteiger partial charge in [-0.1, -0.05) is 54.6 Å². The molecule has 1 heterocycles. The third-order valence-electron chi connectivity index (χ3n) is 3.60. The molecule has 23 heavy (non-hydrogen) atoms. The van der Waals surface area contributed by atoms with E-state index in [-0.39, 0.29) is 5.56 Å². The Bertz CT molecular complexity index is 799. The van der Waals surface area contributed by atoms with Crippen molar-refractivity contribution >= 4 is 11.7 Å². The first-order valence-corrected chi connectivity index (χ1v) is 7.29. The zero-order valence-electron chi connectivity index (χ0n) is 12.4. The first-order chi connectivity index (χ1) is 11.2. The number of hydrogen-bond donors (Lipinski definition) is 2. The summed E-state index contributed by atoms with van der Waals surface area (Å²) in [6.07, 6.45) is 3.01. The molecule has 0 aliphatic rings. The van der Waals surface area contributed by atoms with Gasteiger partial charge in [-0.3, -0.25) is 4.98 Å².